The molecule has 8 nitrogen and oxygen atoms in total. The van der Waals surface area contributed by atoms with Crippen LogP contribution < -0.4 is 16.3 Å². The zero-order valence-electron chi connectivity index (χ0n) is 17.4. The van der Waals surface area contributed by atoms with E-state index in [0.29, 0.717) is 30.0 Å². The third kappa shape index (κ3) is 4.27. The van der Waals surface area contributed by atoms with Gasteiger partial charge in [0, 0.05) is 18.7 Å². The minimum atomic E-state index is -4.45. The van der Waals surface area contributed by atoms with Gasteiger partial charge in [-0.2, -0.15) is 13.2 Å². The van der Waals surface area contributed by atoms with Gasteiger partial charge in [-0.05, 0) is 38.1 Å². The van der Waals surface area contributed by atoms with Crippen LogP contribution in [0.25, 0.3) is 16.9 Å². The normalized spacial score (nSPS) is 19.6. The Kier molecular flexibility index (Phi) is 5.57. The first-order valence-electron chi connectivity index (χ1n) is 10.1. The molecule has 2 N–H and O–H groups in total. The average Bonchev–Trinajstić information content (AvgIpc) is 3.02. The molecule has 3 heterocycles. The van der Waals surface area contributed by atoms with Gasteiger partial charge < -0.3 is 15.4 Å². The molecule has 2 aromatic heterocycles. The summed E-state index contributed by atoms with van der Waals surface area (Å²) < 4.78 is 59.3. The molecule has 1 aliphatic heterocycles. The van der Waals surface area contributed by atoms with Crippen LogP contribution in [0.5, 0.6) is 0 Å². The van der Waals surface area contributed by atoms with Gasteiger partial charge >= 0.3 is 11.9 Å². The van der Waals surface area contributed by atoms with Gasteiger partial charge in [0.25, 0.3) is 0 Å². The van der Waals surface area contributed by atoms with E-state index < -0.39 is 30.6 Å². The average molecular weight is 454 g/mol. The third-order valence-corrected chi connectivity index (χ3v) is 5.19. The number of ether oxygens (including phenoxy) is 1. The lowest BCUT2D eigenvalue weighted by Crippen LogP contribution is -2.46. The number of morpholine rings is 1. The number of nitrogens with zero attached hydrogens (tertiary/aromatic N) is 5. The van der Waals surface area contributed by atoms with Crippen molar-refractivity contribution in [2.45, 2.75) is 45.2 Å². The van der Waals surface area contributed by atoms with Gasteiger partial charge in [-0.15, -0.1) is 5.10 Å². The fourth-order valence-corrected chi connectivity index (χ4v) is 3.93. The highest BCUT2D eigenvalue weighted by Crippen LogP contribution is 2.35. The van der Waals surface area contributed by atoms with Gasteiger partial charge in [-0.1, -0.05) is 0 Å². The second-order valence-electron chi connectivity index (χ2n) is 7.87. The molecule has 4 rings (SSSR count). The number of fused-ring (bicyclic) bond motifs is 1. The first kappa shape index (κ1) is 22.1. The number of hydrogen-bond donors (Lipinski definition) is 1. The fourth-order valence-electron chi connectivity index (χ4n) is 3.93. The van der Waals surface area contributed by atoms with Gasteiger partial charge in [-0.25, -0.2) is 23.3 Å². The SMILES string of the molecule is C[C@@H]1CN(c2c(-c3ccc(F)cc3)nc(N)n3c(=O)n(CCC(F)(F)F)nc23)C[C@H](C)O1. The summed E-state index contributed by atoms with van der Waals surface area (Å²) in [4.78, 5) is 19.1. The molecule has 0 aliphatic carbocycles. The molecule has 172 valence electrons. The molecule has 1 aliphatic rings. The van der Waals surface area contributed by atoms with Gasteiger partial charge in [0.1, 0.15) is 17.2 Å². The summed E-state index contributed by atoms with van der Waals surface area (Å²) in [7, 11) is 0. The van der Waals surface area contributed by atoms with Gasteiger partial charge in [-0.3, -0.25) is 0 Å². The van der Waals surface area contributed by atoms with Crippen LogP contribution in [-0.2, 0) is 11.3 Å². The molecular weight excluding hydrogens is 432 g/mol. The zero-order chi connectivity index (χ0) is 23.2. The predicted molar refractivity (Wildman–Crippen MR) is 110 cm³/mol. The van der Waals surface area contributed by atoms with Crippen molar-refractivity contribution in [2.75, 3.05) is 23.7 Å². The van der Waals surface area contributed by atoms with Gasteiger partial charge in [0.2, 0.25) is 5.95 Å². The van der Waals surface area contributed by atoms with E-state index in [1.54, 1.807) is 0 Å². The van der Waals surface area contributed by atoms with Gasteiger partial charge in [0.05, 0.1) is 25.2 Å². The smallest absolute Gasteiger partial charge is 0.372 e. The van der Waals surface area contributed by atoms with E-state index in [1.807, 2.05) is 18.7 Å². The first-order chi connectivity index (χ1) is 15.0. The van der Waals surface area contributed by atoms with E-state index in [-0.39, 0.29) is 23.8 Å². The molecule has 0 bridgehead atoms. The Hall–Kier alpha value is -3.15. The zero-order valence-corrected chi connectivity index (χ0v) is 17.4. The van der Waals surface area contributed by atoms with Crippen LogP contribution in [0, 0.1) is 5.82 Å². The summed E-state index contributed by atoms with van der Waals surface area (Å²) in [6.45, 7) is 3.99. The lowest BCUT2D eigenvalue weighted by Gasteiger charge is -2.37. The molecule has 1 aromatic carbocycles. The lowest BCUT2D eigenvalue weighted by molar-refractivity contribution is -0.137. The molecule has 0 radical (unpaired) electrons. The van der Waals surface area contributed by atoms with Crippen LogP contribution in [0.1, 0.15) is 20.3 Å². The van der Waals surface area contributed by atoms with Crippen LogP contribution in [-0.4, -0.2) is 50.6 Å². The number of benzene rings is 1. The van der Waals surface area contributed by atoms with Crippen molar-refractivity contribution in [1.82, 2.24) is 19.2 Å². The highest BCUT2D eigenvalue weighted by atomic mass is 19.4. The van der Waals surface area contributed by atoms with Crippen molar-refractivity contribution >= 4 is 17.3 Å². The highest BCUT2D eigenvalue weighted by molar-refractivity contribution is 5.86. The standard InChI is InChI=1S/C20H22F4N6O2/c1-11-9-28(10-12(2)32-11)16-15(13-3-5-14(21)6-4-13)26-18(25)30-17(16)27-29(19(30)31)8-7-20(22,23)24/h3-6,11-12H,7-10H2,1-2H3,(H2,25,26)/t11-,12+. The van der Waals surface area contributed by atoms with Crippen LogP contribution in [0.4, 0.5) is 29.2 Å². The van der Waals surface area contributed by atoms with Crippen molar-refractivity contribution in [2.24, 2.45) is 0 Å². The van der Waals surface area contributed by atoms with E-state index in [2.05, 4.69) is 10.1 Å². The number of alkyl halides is 3. The molecule has 2 atom stereocenters. The Morgan fingerprint density at radius 1 is 1.16 bits per heavy atom. The maximum absolute atomic E-state index is 13.5. The van der Waals surface area contributed by atoms with Crippen LogP contribution in [0.2, 0.25) is 0 Å². The molecule has 1 saturated heterocycles. The highest BCUT2D eigenvalue weighted by Gasteiger charge is 2.31. The van der Waals surface area contributed by atoms with Crippen molar-refractivity contribution in [3.63, 3.8) is 0 Å². The number of aryl methyl sites for hydroxylation is 1. The summed E-state index contributed by atoms with van der Waals surface area (Å²) in [5.74, 6) is -0.661. The molecule has 0 unspecified atom stereocenters. The van der Waals surface area contributed by atoms with E-state index in [4.69, 9.17) is 10.5 Å². The maximum Gasteiger partial charge on any atom is 0.390 e. The molecule has 0 amide bonds. The Bertz CT molecular complexity index is 1180. The maximum atomic E-state index is 13.5. The topological polar surface area (TPSA) is 90.7 Å². The molecule has 3 aromatic rings. The summed E-state index contributed by atoms with van der Waals surface area (Å²) in [5, 5.41) is 4.20. The Labute approximate surface area is 180 Å². The number of halogens is 4. The van der Waals surface area contributed by atoms with E-state index in [1.165, 1.54) is 24.3 Å². The number of rotatable bonds is 4. The number of aromatic nitrogens is 4. The Morgan fingerprint density at radius 2 is 1.78 bits per heavy atom. The minimum Gasteiger partial charge on any atom is -0.372 e. The van der Waals surface area contributed by atoms with Crippen LogP contribution >= 0.6 is 0 Å². The Morgan fingerprint density at radius 3 is 2.38 bits per heavy atom. The summed E-state index contributed by atoms with van der Waals surface area (Å²) in [6, 6.07) is 5.56. The third-order valence-electron chi connectivity index (χ3n) is 5.19. The number of nitrogens with two attached hydrogens (primary N) is 1. The molecule has 1 fully saturated rings. The molecular formula is C20H22F4N6O2. The number of anilines is 2. The van der Waals surface area contributed by atoms with Crippen molar-refractivity contribution in [1.29, 1.82) is 0 Å². The molecule has 32 heavy (non-hydrogen) atoms. The van der Waals surface area contributed by atoms with Gasteiger partial charge in [0.15, 0.2) is 5.65 Å². The van der Waals surface area contributed by atoms with E-state index in [0.717, 1.165) is 9.08 Å². The number of hydrogen-bond acceptors (Lipinski definition) is 6. The second-order valence-corrected chi connectivity index (χ2v) is 7.87. The van der Waals surface area contributed by atoms with Crippen molar-refractivity contribution in [3.8, 4) is 11.3 Å². The second kappa shape index (κ2) is 8.08. The largest absolute Gasteiger partial charge is 0.390 e. The van der Waals surface area contributed by atoms with E-state index >= 15 is 0 Å². The van der Waals surface area contributed by atoms with Crippen molar-refractivity contribution in [3.05, 3.63) is 40.6 Å². The quantitative estimate of drug-likeness (QED) is 0.610. The minimum absolute atomic E-state index is 0.0882. The molecule has 12 heteroatoms. The Balaban J connectivity index is 1.94. The summed E-state index contributed by atoms with van der Waals surface area (Å²) in [6.07, 6.45) is -5.97. The number of nitrogen functional groups attached to an aromatic ring is 1. The van der Waals surface area contributed by atoms with Crippen LogP contribution in [0.15, 0.2) is 29.1 Å². The molecule has 0 saturated carbocycles. The lowest BCUT2D eigenvalue weighted by atomic mass is 10.1. The summed E-state index contributed by atoms with van der Waals surface area (Å²) >= 11 is 0. The van der Waals surface area contributed by atoms with Crippen LogP contribution in [0.3, 0.4) is 0 Å². The predicted octanol–water partition coefficient (Wildman–Crippen LogP) is 2.85. The monoisotopic (exact) mass is 454 g/mol. The van der Waals surface area contributed by atoms with Crippen molar-refractivity contribution < 1.29 is 22.3 Å². The van der Waals surface area contributed by atoms with E-state index in [9.17, 15) is 22.4 Å². The fraction of sp³-hybridized carbons (Fsp3) is 0.450. The summed E-state index contributed by atoms with van der Waals surface area (Å²) in [5.41, 5.74) is 6.62. The molecule has 0 spiro atoms. The first-order valence-corrected chi connectivity index (χ1v) is 10.1.